The summed E-state index contributed by atoms with van der Waals surface area (Å²) in [6, 6.07) is 8.44. The van der Waals surface area contributed by atoms with Gasteiger partial charge in [-0.1, -0.05) is 43.4 Å². The van der Waals surface area contributed by atoms with E-state index in [1.807, 2.05) is 19.1 Å². The van der Waals surface area contributed by atoms with Crippen LogP contribution in [0.1, 0.15) is 39.0 Å². The number of carbonyl (C=O) groups excluding carboxylic acids is 1. The summed E-state index contributed by atoms with van der Waals surface area (Å²) in [6.45, 7) is 1.62. The number of halogens is 2. The molecule has 0 saturated heterocycles. The van der Waals surface area contributed by atoms with Crippen LogP contribution in [0.3, 0.4) is 0 Å². The van der Waals surface area contributed by atoms with Crippen LogP contribution >= 0.6 is 0 Å². The lowest BCUT2D eigenvalue weighted by atomic mass is 9.86. The number of hydrogen-bond acceptors (Lipinski definition) is 4. The molecule has 0 aliphatic heterocycles. The summed E-state index contributed by atoms with van der Waals surface area (Å²) in [5.74, 6) is -3.70. The maximum atomic E-state index is 14.4. The van der Waals surface area contributed by atoms with Gasteiger partial charge in [-0.2, -0.15) is 8.78 Å². The molecule has 0 aromatic heterocycles. The summed E-state index contributed by atoms with van der Waals surface area (Å²) in [5.41, 5.74) is 0. The largest absolute Gasteiger partial charge is 0.487 e. The highest BCUT2D eigenvalue weighted by Crippen LogP contribution is 2.42. The van der Waals surface area contributed by atoms with Gasteiger partial charge in [-0.3, -0.25) is 9.59 Å². The molecule has 1 saturated carbocycles. The third-order valence-electron chi connectivity index (χ3n) is 5.56. The molecule has 31 heavy (non-hydrogen) atoms. The van der Waals surface area contributed by atoms with E-state index in [4.69, 9.17) is 14.6 Å². The molecule has 1 aliphatic carbocycles. The van der Waals surface area contributed by atoms with Crippen molar-refractivity contribution in [2.24, 2.45) is 17.8 Å². The van der Waals surface area contributed by atoms with Crippen LogP contribution in [0.5, 0.6) is 5.75 Å². The minimum Gasteiger partial charge on any atom is -0.487 e. The average Bonchev–Trinajstić information content (AvgIpc) is 3.03. The lowest BCUT2D eigenvalue weighted by Crippen LogP contribution is -2.25. The van der Waals surface area contributed by atoms with E-state index in [9.17, 15) is 18.4 Å². The number of para-hydroxylation sites is 1. The SMILES string of the molecule is C[C@H]1C[C@@H](OC=O)[C@H](/C=C/C(F)(F)COc2ccccc2)[C@H]1C/C=C\CCCC(=O)O. The smallest absolute Gasteiger partial charge is 0.303 e. The fraction of sp³-hybridized carbons (Fsp3) is 0.500. The van der Waals surface area contributed by atoms with Crippen LogP contribution in [0.15, 0.2) is 54.6 Å². The second-order valence-electron chi connectivity index (χ2n) is 7.94. The van der Waals surface area contributed by atoms with Crippen LogP contribution in [0.4, 0.5) is 8.78 Å². The Kier molecular flexibility index (Phi) is 9.69. The van der Waals surface area contributed by atoms with Gasteiger partial charge in [0.05, 0.1) is 0 Å². The van der Waals surface area contributed by atoms with Crippen molar-refractivity contribution in [3.63, 3.8) is 0 Å². The summed E-state index contributed by atoms with van der Waals surface area (Å²) in [5, 5.41) is 8.68. The van der Waals surface area contributed by atoms with E-state index in [1.165, 1.54) is 6.08 Å². The monoisotopic (exact) mass is 436 g/mol. The predicted octanol–water partition coefficient (Wildman–Crippen LogP) is 5.27. The molecule has 0 amide bonds. The number of carboxylic acids is 1. The van der Waals surface area contributed by atoms with Gasteiger partial charge in [0, 0.05) is 12.3 Å². The van der Waals surface area contributed by atoms with Crippen LogP contribution in [0, 0.1) is 17.8 Å². The number of allylic oxidation sites excluding steroid dienone is 2. The van der Waals surface area contributed by atoms with Gasteiger partial charge >= 0.3 is 5.97 Å². The molecule has 5 nitrogen and oxygen atoms in total. The molecule has 0 unspecified atom stereocenters. The highest BCUT2D eigenvalue weighted by molar-refractivity contribution is 5.66. The van der Waals surface area contributed by atoms with Crippen LogP contribution in [0.2, 0.25) is 0 Å². The lowest BCUT2D eigenvalue weighted by molar-refractivity contribution is -0.137. The number of carbonyl (C=O) groups is 2. The molecule has 1 aromatic rings. The minimum absolute atomic E-state index is 0.0442. The van der Waals surface area contributed by atoms with Crippen molar-refractivity contribution in [2.45, 2.75) is 51.1 Å². The molecule has 0 bridgehead atoms. The first-order valence-corrected chi connectivity index (χ1v) is 10.5. The number of carboxylic acid groups (broad SMARTS) is 1. The Bertz CT molecular complexity index is 748. The molecule has 4 atom stereocenters. The quantitative estimate of drug-likeness (QED) is 0.259. The molecular formula is C24H30F2O5. The van der Waals surface area contributed by atoms with Crippen molar-refractivity contribution < 1.29 is 33.0 Å². The zero-order valence-electron chi connectivity index (χ0n) is 17.7. The van der Waals surface area contributed by atoms with Crippen LogP contribution in [-0.4, -0.2) is 36.2 Å². The summed E-state index contributed by atoms with van der Waals surface area (Å²) >= 11 is 0. The maximum absolute atomic E-state index is 14.4. The molecule has 1 fully saturated rings. The van der Waals surface area contributed by atoms with Gasteiger partial charge in [0.1, 0.15) is 11.9 Å². The lowest BCUT2D eigenvalue weighted by Gasteiger charge is -2.22. The molecule has 1 aromatic carbocycles. The van der Waals surface area contributed by atoms with Gasteiger partial charge in [-0.15, -0.1) is 0 Å². The van der Waals surface area contributed by atoms with Crippen molar-refractivity contribution in [1.82, 2.24) is 0 Å². The number of alkyl halides is 2. The van der Waals surface area contributed by atoms with Crippen molar-refractivity contribution >= 4 is 12.4 Å². The fourth-order valence-electron chi connectivity index (χ4n) is 3.97. The zero-order chi connectivity index (χ0) is 22.7. The van der Waals surface area contributed by atoms with E-state index < -0.39 is 24.6 Å². The standard InChI is InChI=1S/C24H30F2O5/c1-18-15-22(31-17-27)21(20(18)11-7-2-3-8-12-23(28)29)13-14-24(25,26)16-30-19-9-5-4-6-10-19/h2,4-7,9-10,13-14,17-18,20-22H,3,8,11-12,15-16H2,1H3,(H,28,29)/b7-2-,14-13+/t18-,20-,21+,22+/m0/s1. The minimum atomic E-state index is -3.16. The molecule has 170 valence electrons. The zero-order valence-corrected chi connectivity index (χ0v) is 17.7. The van der Waals surface area contributed by atoms with Crippen molar-refractivity contribution in [3.8, 4) is 5.75 Å². The third-order valence-corrected chi connectivity index (χ3v) is 5.56. The highest BCUT2D eigenvalue weighted by atomic mass is 19.3. The fourth-order valence-corrected chi connectivity index (χ4v) is 3.97. The van der Waals surface area contributed by atoms with Crippen molar-refractivity contribution in [2.75, 3.05) is 6.61 Å². The first-order chi connectivity index (χ1) is 14.8. The molecular weight excluding hydrogens is 406 g/mol. The van der Waals surface area contributed by atoms with Crippen molar-refractivity contribution in [3.05, 3.63) is 54.6 Å². The topological polar surface area (TPSA) is 72.8 Å². The van der Waals surface area contributed by atoms with Crippen LogP contribution in [0.25, 0.3) is 0 Å². The molecule has 2 rings (SSSR count). The number of rotatable bonds is 13. The van der Waals surface area contributed by atoms with Gasteiger partial charge in [0.15, 0.2) is 6.61 Å². The average molecular weight is 436 g/mol. The Morgan fingerprint density at radius 1 is 1.26 bits per heavy atom. The molecule has 0 spiro atoms. The van der Waals surface area contributed by atoms with Crippen molar-refractivity contribution in [1.29, 1.82) is 0 Å². The van der Waals surface area contributed by atoms with E-state index >= 15 is 0 Å². The van der Waals surface area contributed by atoms with Gasteiger partial charge in [0.2, 0.25) is 0 Å². The number of ether oxygens (including phenoxy) is 2. The number of benzene rings is 1. The molecule has 0 radical (unpaired) electrons. The Morgan fingerprint density at radius 3 is 2.68 bits per heavy atom. The number of unbranched alkanes of at least 4 members (excludes halogenated alkanes) is 1. The second kappa shape index (κ2) is 12.2. The summed E-state index contributed by atoms with van der Waals surface area (Å²) < 4.78 is 39.1. The van der Waals surface area contributed by atoms with Gasteiger partial charge in [0.25, 0.3) is 12.4 Å². The third kappa shape index (κ3) is 8.52. The van der Waals surface area contributed by atoms with Gasteiger partial charge in [-0.05, 0) is 55.7 Å². The first kappa shape index (κ1) is 24.6. The van der Waals surface area contributed by atoms with Gasteiger partial charge < -0.3 is 14.6 Å². The van der Waals surface area contributed by atoms with E-state index in [-0.39, 0.29) is 24.2 Å². The van der Waals surface area contributed by atoms with E-state index in [1.54, 1.807) is 30.3 Å². The maximum Gasteiger partial charge on any atom is 0.303 e. The molecule has 7 heteroatoms. The van der Waals surface area contributed by atoms with Crippen LogP contribution < -0.4 is 4.74 Å². The summed E-state index contributed by atoms with van der Waals surface area (Å²) in [4.78, 5) is 21.5. The van der Waals surface area contributed by atoms with E-state index in [0.717, 1.165) is 6.08 Å². The number of aliphatic carboxylic acids is 1. The van der Waals surface area contributed by atoms with Crippen LogP contribution in [-0.2, 0) is 14.3 Å². The summed E-state index contributed by atoms with van der Waals surface area (Å²) in [7, 11) is 0. The van der Waals surface area contributed by atoms with E-state index in [0.29, 0.717) is 37.9 Å². The first-order valence-electron chi connectivity index (χ1n) is 10.5. The van der Waals surface area contributed by atoms with Gasteiger partial charge in [-0.25, -0.2) is 0 Å². The second-order valence-corrected chi connectivity index (χ2v) is 7.94. The Balaban J connectivity index is 1.98. The van der Waals surface area contributed by atoms with E-state index in [2.05, 4.69) is 0 Å². The molecule has 1 aliphatic rings. The Labute approximate surface area is 181 Å². The number of hydrogen-bond donors (Lipinski definition) is 1. The highest BCUT2D eigenvalue weighted by Gasteiger charge is 2.41. The predicted molar refractivity (Wildman–Crippen MR) is 113 cm³/mol. The molecule has 1 N–H and O–H groups in total. The normalized spacial score (nSPS) is 24.0. The summed E-state index contributed by atoms with van der Waals surface area (Å²) in [6.07, 6.45) is 8.32. The molecule has 0 heterocycles. The Morgan fingerprint density at radius 2 is 2.00 bits per heavy atom. The Hall–Kier alpha value is -2.70.